The van der Waals surface area contributed by atoms with Crippen LogP contribution in [-0.2, 0) is 9.53 Å². The molecule has 0 spiro atoms. The topological polar surface area (TPSA) is 38.3 Å². The lowest BCUT2D eigenvalue weighted by atomic mass is 10.2. The molecule has 0 heterocycles. The Labute approximate surface area is 86.2 Å². The number of nitrogens with one attached hydrogen (secondary N) is 1. The smallest absolute Gasteiger partial charge is 0.305 e. The number of carbonyl (C=O) groups is 1. The Balaban J connectivity index is 3.43. The van der Waals surface area contributed by atoms with E-state index in [4.69, 9.17) is 6.42 Å². The number of terminal acetylenes is 1. The lowest BCUT2D eigenvalue weighted by molar-refractivity contribution is -0.140. The fourth-order valence-corrected chi connectivity index (χ4v) is 1.14. The molecule has 0 aromatic heterocycles. The first-order valence-corrected chi connectivity index (χ1v) is 5.00. The second kappa shape index (κ2) is 8.58. The van der Waals surface area contributed by atoms with Gasteiger partial charge in [0.05, 0.1) is 13.2 Å². The molecular weight excluding hydrogens is 178 g/mol. The molecule has 3 heteroatoms. The van der Waals surface area contributed by atoms with Crippen molar-refractivity contribution >= 4 is 5.97 Å². The molecule has 80 valence electrons. The summed E-state index contributed by atoms with van der Waals surface area (Å²) in [7, 11) is 1.40. The second-order valence-electron chi connectivity index (χ2n) is 3.14. The first-order valence-electron chi connectivity index (χ1n) is 5.00. The van der Waals surface area contributed by atoms with E-state index in [0.29, 0.717) is 6.42 Å². The van der Waals surface area contributed by atoms with Crippen LogP contribution in [0, 0.1) is 12.3 Å². The fourth-order valence-electron chi connectivity index (χ4n) is 1.14. The molecule has 0 aromatic carbocycles. The van der Waals surface area contributed by atoms with Crippen LogP contribution in [0.1, 0.15) is 32.6 Å². The lowest BCUT2D eigenvalue weighted by Crippen LogP contribution is -2.28. The molecule has 14 heavy (non-hydrogen) atoms. The molecule has 0 saturated heterocycles. The van der Waals surface area contributed by atoms with Crippen molar-refractivity contribution in [2.75, 3.05) is 13.7 Å². The highest BCUT2D eigenvalue weighted by atomic mass is 16.5. The maximum absolute atomic E-state index is 10.8. The van der Waals surface area contributed by atoms with Crippen LogP contribution in [0.2, 0.25) is 0 Å². The molecule has 0 aliphatic carbocycles. The number of methoxy groups -OCH3 is 1. The Morgan fingerprint density at radius 2 is 2.36 bits per heavy atom. The maximum atomic E-state index is 10.8. The summed E-state index contributed by atoms with van der Waals surface area (Å²) in [5.41, 5.74) is 0. The fraction of sp³-hybridized carbons (Fsp3) is 0.727. The Morgan fingerprint density at radius 3 is 2.86 bits per heavy atom. The van der Waals surface area contributed by atoms with Gasteiger partial charge in [0.25, 0.3) is 0 Å². The summed E-state index contributed by atoms with van der Waals surface area (Å²) in [6.07, 6.45) is 8.60. The average Bonchev–Trinajstić information content (AvgIpc) is 2.22. The molecule has 3 nitrogen and oxygen atoms in total. The molecule has 0 aliphatic rings. The van der Waals surface area contributed by atoms with Crippen LogP contribution in [0.5, 0.6) is 0 Å². The lowest BCUT2D eigenvalue weighted by Gasteiger charge is -2.10. The summed E-state index contributed by atoms with van der Waals surface area (Å²) >= 11 is 0. The van der Waals surface area contributed by atoms with Gasteiger partial charge in [-0.1, -0.05) is 19.3 Å². The van der Waals surface area contributed by atoms with Gasteiger partial charge in [-0.25, -0.2) is 0 Å². The van der Waals surface area contributed by atoms with Gasteiger partial charge in [-0.3, -0.25) is 4.79 Å². The molecule has 0 bridgehead atoms. The molecule has 1 N–H and O–H groups in total. The van der Waals surface area contributed by atoms with Crippen LogP contribution in [0.3, 0.4) is 0 Å². The van der Waals surface area contributed by atoms with E-state index in [-0.39, 0.29) is 12.0 Å². The van der Waals surface area contributed by atoms with Gasteiger partial charge in [0.1, 0.15) is 0 Å². The maximum Gasteiger partial charge on any atom is 0.305 e. The van der Waals surface area contributed by atoms with Gasteiger partial charge >= 0.3 is 5.97 Å². The van der Waals surface area contributed by atoms with Gasteiger partial charge in [0.15, 0.2) is 0 Å². The van der Waals surface area contributed by atoms with E-state index >= 15 is 0 Å². The van der Waals surface area contributed by atoms with E-state index < -0.39 is 0 Å². The van der Waals surface area contributed by atoms with Crippen molar-refractivity contribution in [1.29, 1.82) is 0 Å². The molecule has 0 radical (unpaired) electrons. The van der Waals surface area contributed by atoms with E-state index in [9.17, 15) is 4.79 Å². The monoisotopic (exact) mass is 197 g/mol. The van der Waals surface area contributed by atoms with Gasteiger partial charge in [-0.05, 0) is 19.4 Å². The Kier molecular flexibility index (Phi) is 7.96. The average molecular weight is 197 g/mol. The van der Waals surface area contributed by atoms with Crippen molar-refractivity contribution in [3.8, 4) is 12.3 Å². The van der Waals surface area contributed by atoms with Crippen LogP contribution in [-0.4, -0.2) is 25.7 Å². The van der Waals surface area contributed by atoms with Crippen molar-refractivity contribution in [2.24, 2.45) is 0 Å². The molecule has 0 rings (SSSR count). The van der Waals surface area contributed by atoms with E-state index in [0.717, 1.165) is 25.8 Å². The molecule has 0 amide bonds. The van der Waals surface area contributed by atoms with E-state index in [1.807, 2.05) is 0 Å². The van der Waals surface area contributed by atoms with Crippen LogP contribution >= 0.6 is 0 Å². The minimum Gasteiger partial charge on any atom is -0.469 e. The predicted molar refractivity (Wildman–Crippen MR) is 56.8 cm³/mol. The number of hydrogen-bond acceptors (Lipinski definition) is 3. The third kappa shape index (κ3) is 6.50. The van der Waals surface area contributed by atoms with Gasteiger partial charge in [0.2, 0.25) is 0 Å². The zero-order valence-electron chi connectivity index (χ0n) is 9.01. The van der Waals surface area contributed by atoms with Crippen molar-refractivity contribution in [3.63, 3.8) is 0 Å². The summed E-state index contributed by atoms with van der Waals surface area (Å²) in [5, 5.41) is 3.21. The Bertz CT molecular complexity index is 196. The first-order chi connectivity index (χ1) is 6.74. The first kappa shape index (κ1) is 13.0. The molecule has 0 aromatic rings. The third-order valence-electron chi connectivity index (χ3n) is 1.95. The van der Waals surface area contributed by atoms with Crippen molar-refractivity contribution < 1.29 is 9.53 Å². The van der Waals surface area contributed by atoms with Crippen LogP contribution < -0.4 is 5.32 Å². The number of hydrogen-bond donors (Lipinski definition) is 1. The quantitative estimate of drug-likeness (QED) is 0.380. The highest BCUT2D eigenvalue weighted by Crippen LogP contribution is 1.96. The SMILES string of the molecule is C#CC(CCC)NCCCC(=O)OC. The summed E-state index contributed by atoms with van der Waals surface area (Å²) in [5.74, 6) is 2.51. The van der Waals surface area contributed by atoms with Gasteiger partial charge in [0, 0.05) is 6.42 Å². The summed E-state index contributed by atoms with van der Waals surface area (Å²) in [6, 6.07) is 0.137. The molecular formula is C11H19NO2. The summed E-state index contributed by atoms with van der Waals surface area (Å²) in [4.78, 5) is 10.8. The molecule has 0 fully saturated rings. The highest BCUT2D eigenvalue weighted by Gasteiger charge is 2.03. The largest absolute Gasteiger partial charge is 0.469 e. The molecule has 0 aliphatic heterocycles. The number of rotatable bonds is 7. The van der Waals surface area contributed by atoms with Crippen LogP contribution in [0.4, 0.5) is 0 Å². The van der Waals surface area contributed by atoms with E-state index in [1.54, 1.807) is 0 Å². The zero-order valence-corrected chi connectivity index (χ0v) is 9.01. The minimum atomic E-state index is -0.167. The minimum absolute atomic E-state index is 0.137. The van der Waals surface area contributed by atoms with Crippen molar-refractivity contribution in [3.05, 3.63) is 0 Å². The Morgan fingerprint density at radius 1 is 1.64 bits per heavy atom. The van der Waals surface area contributed by atoms with Crippen molar-refractivity contribution in [2.45, 2.75) is 38.6 Å². The molecule has 0 saturated carbocycles. The van der Waals surface area contributed by atoms with Crippen LogP contribution in [0.15, 0.2) is 0 Å². The number of esters is 1. The standard InChI is InChI=1S/C11H19NO2/c1-4-7-10(5-2)12-9-6-8-11(13)14-3/h2,10,12H,4,6-9H2,1,3H3. The number of ether oxygens (including phenoxy) is 1. The normalized spacial score (nSPS) is 11.8. The third-order valence-corrected chi connectivity index (χ3v) is 1.95. The predicted octanol–water partition coefficient (Wildman–Crippen LogP) is 1.33. The van der Waals surface area contributed by atoms with Crippen LogP contribution in [0.25, 0.3) is 0 Å². The Hall–Kier alpha value is -1.01. The summed E-state index contributed by atoms with van der Waals surface area (Å²) < 4.78 is 4.52. The molecule has 1 atom stereocenters. The summed E-state index contributed by atoms with van der Waals surface area (Å²) in [6.45, 7) is 2.87. The van der Waals surface area contributed by atoms with E-state index in [2.05, 4.69) is 22.9 Å². The van der Waals surface area contributed by atoms with Crippen molar-refractivity contribution in [1.82, 2.24) is 5.32 Å². The van der Waals surface area contributed by atoms with Gasteiger partial charge in [-0.15, -0.1) is 6.42 Å². The molecule has 1 unspecified atom stereocenters. The number of carbonyl (C=O) groups excluding carboxylic acids is 1. The van der Waals surface area contributed by atoms with Gasteiger partial charge < -0.3 is 10.1 Å². The zero-order chi connectivity index (χ0) is 10.8. The van der Waals surface area contributed by atoms with Gasteiger partial charge in [-0.2, -0.15) is 0 Å². The second-order valence-corrected chi connectivity index (χ2v) is 3.14. The highest BCUT2D eigenvalue weighted by molar-refractivity contribution is 5.69. The van der Waals surface area contributed by atoms with E-state index in [1.165, 1.54) is 7.11 Å².